The van der Waals surface area contributed by atoms with Gasteiger partial charge in [-0.05, 0) is 43.2 Å². The number of aromatic nitrogens is 2. The lowest BCUT2D eigenvalue weighted by atomic mass is 9.80. The van der Waals surface area contributed by atoms with Gasteiger partial charge in [-0.15, -0.1) is 0 Å². The van der Waals surface area contributed by atoms with Gasteiger partial charge >= 0.3 is 0 Å². The van der Waals surface area contributed by atoms with E-state index >= 15 is 0 Å². The molecule has 4 rings (SSSR count). The number of ether oxygens (including phenoxy) is 1. The Balaban J connectivity index is 1.79. The summed E-state index contributed by atoms with van der Waals surface area (Å²) in [5.74, 6) is 0.417. The quantitative estimate of drug-likeness (QED) is 0.785. The molecule has 2 heterocycles. The third-order valence-electron chi connectivity index (χ3n) is 6.00. The number of hydrogen-bond donors (Lipinski definition) is 1. The molecule has 5 nitrogen and oxygen atoms in total. The number of amides is 1. The molecule has 1 N–H and O–H groups in total. The normalized spacial score (nSPS) is 20.1. The Morgan fingerprint density at radius 1 is 1.29 bits per heavy atom. The second-order valence-electron chi connectivity index (χ2n) is 8.40. The van der Waals surface area contributed by atoms with Crippen molar-refractivity contribution in [3.05, 3.63) is 41.0 Å². The Hall–Kier alpha value is -2.37. The molecule has 2 aliphatic rings. The number of nitrogens with zero attached hydrogens (tertiary/aromatic N) is 2. The van der Waals surface area contributed by atoms with Crippen LogP contribution in [0.15, 0.2) is 18.2 Å². The van der Waals surface area contributed by atoms with Crippen LogP contribution in [0.1, 0.15) is 73.7 Å². The van der Waals surface area contributed by atoms with Crippen LogP contribution in [-0.2, 0) is 6.42 Å². The summed E-state index contributed by atoms with van der Waals surface area (Å²) in [6.45, 7) is 4.33. The Kier molecular flexibility index (Phi) is 5.13. The fraction of sp³-hybridized carbons (Fsp3) is 0.545. The van der Waals surface area contributed by atoms with Crippen LogP contribution in [0.3, 0.4) is 0 Å². The van der Waals surface area contributed by atoms with Gasteiger partial charge in [-0.25, -0.2) is 4.39 Å². The molecule has 6 heteroatoms. The molecule has 0 saturated heterocycles. The highest BCUT2D eigenvalue weighted by Crippen LogP contribution is 2.47. The van der Waals surface area contributed by atoms with E-state index in [0.717, 1.165) is 30.5 Å². The van der Waals surface area contributed by atoms with E-state index in [0.29, 0.717) is 23.2 Å². The second-order valence-corrected chi connectivity index (χ2v) is 8.40. The van der Waals surface area contributed by atoms with Gasteiger partial charge in [0.25, 0.3) is 5.91 Å². The average molecular weight is 385 g/mol. The van der Waals surface area contributed by atoms with Crippen LogP contribution in [0, 0.1) is 17.7 Å². The fourth-order valence-electron chi connectivity index (χ4n) is 4.78. The van der Waals surface area contributed by atoms with Crippen LogP contribution in [0.5, 0.6) is 5.75 Å². The number of benzene rings is 1. The predicted octanol–water partition coefficient (Wildman–Crippen LogP) is 5.04. The van der Waals surface area contributed by atoms with Gasteiger partial charge in [0, 0.05) is 23.0 Å². The minimum atomic E-state index is -0.455. The number of anilines is 1. The summed E-state index contributed by atoms with van der Waals surface area (Å²) in [5, 5.41) is 7.49. The van der Waals surface area contributed by atoms with Crippen molar-refractivity contribution in [2.45, 2.75) is 58.4 Å². The van der Waals surface area contributed by atoms with E-state index in [-0.39, 0.29) is 17.7 Å². The number of H-pyrrole nitrogens is 1. The molecule has 2 aromatic rings. The summed E-state index contributed by atoms with van der Waals surface area (Å²) in [5.41, 5.74) is 3.15. The molecule has 1 aromatic heterocycles. The van der Waals surface area contributed by atoms with E-state index < -0.39 is 5.82 Å². The molecule has 28 heavy (non-hydrogen) atoms. The first-order chi connectivity index (χ1) is 13.5. The van der Waals surface area contributed by atoms with Gasteiger partial charge in [0.05, 0.1) is 13.2 Å². The van der Waals surface area contributed by atoms with Crippen molar-refractivity contribution >= 4 is 11.6 Å². The molecule has 0 bridgehead atoms. The van der Waals surface area contributed by atoms with Gasteiger partial charge in [-0.2, -0.15) is 5.10 Å². The largest absolute Gasteiger partial charge is 0.494 e. The minimum Gasteiger partial charge on any atom is -0.494 e. The highest BCUT2D eigenvalue weighted by Gasteiger charge is 2.46. The number of carbonyl (C=O) groups excluding carboxylic acids is 1. The first kappa shape index (κ1) is 19.0. The van der Waals surface area contributed by atoms with Gasteiger partial charge in [0.1, 0.15) is 0 Å². The first-order valence-corrected chi connectivity index (χ1v) is 10.3. The molecule has 1 atom stereocenters. The zero-order valence-electron chi connectivity index (χ0n) is 16.8. The van der Waals surface area contributed by atoms with Crippen LogP contribution in [-0.4, -0.2) is 23.2 Å². The molecule has 1 unspecified atom stereocenters. The Labute approximate surface area is 165 Å². The number of rotatable bonds is 5. The third kappa shape index (κ3) is 3.19. The van der Waals surface area contributed by atoms with Crippen LogP contribution in [0.4, 0.5) is 10.1 Å². The van der Waals surface area contributed by atoms with E-state index in [1.165, 1.54) is 32.4 Å². The molecule has 0 spiro atoms. The van der Waals surface area contributed by atoms with Crippen molar-refractivity contribution in [3.8, 4) is 5.75 Å². The molecule has 1 fully saturated rings. The van der Waals surface area contributed by atoms with Gasteiger partial charge in [0.2, 0.25) is 0 Å². The molecule has 1 aliphatic heterocycles. The van der Waals surface area contributed by atoms with Gasteiger partial charge in [-0.3, -0.25) is 14.8 Å². The fourth-order valence-corrected chi connectivity index (χ4v) is 4.78. The summed E-state index contributed by atoms with van der Waals surface area (Å²) < 4.78 is 19.5. The van der Waals surface area contributed by atoms with Crippen LogP contribution in [0.2, 0.25) is 0 Å². The average Bonchev–Trinajstić information content (AvgIpc) is 3.21. The Bertz CT molecular complexity index is 871. The number of hydrogen-bond acceptors (Lipinski definition) is 3. The summed E-state index contributed by atoms with van der Waals surface area (Å²) in [7, 11) is 1.44. The standard InChI is InChI=1S/C22H28FN3O2/c1-13(2)11-17-19-20(25-24-17)22(27)26(21(19)14-7-5-4-6-8-14)15-9-10-18(28-3)16(23)12-15/h9-10,12-14,21H,4-8,11H2,1-3H3,(H,24,25). The monoisotopic (exact) mass is 385 g/mol. The molecule has 1 aromatic carbocycles. The number of fused-ring (bicyclic) bond motifs is 1. The summed E-state index contributed by atoms with van der Waals surface area (Å²) in [6, 6.07) is 4.69. The Morgan fingerprint density at radius 2 is 2.04 bits per heavy atom. The number of nitrogens with one attached hydrogen (secondary N) is 1. The Morgan fingerprint density at radius 3 is 2.68 bits per heavy atom. The number of aromatic amines is 1. The minimum absolute atomic E-state index is 0.0805. The van der Waals surface area contributed by atoms with Gasteiger partial charge < -0.3 is 4.74 Å². The maximum atomic E-state index is 14.4. The van der Waals surface area contributed by atoms with Crippen molar-refractivity contribution in [2.75, 3.05) is 12.0 Å². The predicted molar refractivity (Wildman–Crippen MR) is 106 cm³/mol. The molecule has 1 aliphatic carbocycles. The highest BCUT2D eigenvalue weighted by atomic mass is 19.1. The third-order valence-corrected chi connectivity index (χ3v) is 6.00. The zero-order chi connectivity index (χ0) is 19.8. The maximum absolute atomic E-state index is 14.4. The van der Waals surface area contributed by atoms with Gasteiger partial charge in [0.15, 0.2) is 17.3 Å². The van der Waals surface area contributed by atoms with Crippen molar-refractivity contribution in [3.63, 3.8) is 0 Å². The summed E-state index contributed by atoms with van der Waals surface area (Å²) >= 11 is 0. The lowest BCUT2D eigenvalue weighted by Crippen LogP contribution is -2.34. The lowest BCUT2D eigenvalue weighted by Gasteiger charge is -2.35. The smallest absolute Gasteiger partial charge is 0.279 e. The van der Waals surface area contributed by atoms with Crippen molar-refractivity contribution < 1.29 is 13.9 Å². The van der Waals surface area contributed by atoms with Crippen molar-refractivity contribution in [2.24, 2.45) is 11.8 Å². The molecule has 1 amide bonds. The van der Waals surface area contributed by atoms with E-state index in [1.54, 1.807) is 17.0 Å². The van der Waals surface area contributed by atoms with E-state index in [2.05, 4.69) is 24.0 Å². The molecular formula is C22H28FN3O2. The van der Waals surface area contributed by atoms with Crippen molar-refractivity contribution in [1.82, 2.24) is 10.2 Å². The second kappa shape index (κ2) is 7.57. The van der Waals surface area contributed by atoms with Gasteiger partial charge in [-0.1, -0.05) is 33.1 Å². The maximum Gasteiger partial charge on any atom is 0.279 e. The topological polar surface area (TPSA) is 58.2 Å². The molecule has 0 radical (unpaired) electrons. The number of methoxy groups -OCH3 is 1. The molecule has 1 saturated carbocycles. The summed E-state index contributed by atoms with van der Waals surface area (Å²) in [4.78, 5) is 15.1. The summed E-state index contributed by atoms with van der Waals surface area (Å²) in [6.07, 6.45) is 6.60. The van der Waals surface area contributed by atoms with Crippen molar-refractivity contribution in [1.29, 1.82) is 0 Å². The van der Waals surface area contributed by atoms with E-state index in [9.17, 15) is 9.18 Å². The molecular weight excluding hydrogens is 357 g/mol. The van der Waals surface area contributed by atoms with Crippen LogP contribution < -0.4 is 9.64 Å². The number of carbonyl (C=O) groups is 1. The SMILES string of the molecule is COc1ccc(N2C(=O)c3n[nH]c(CC(C)C)c3C2C2CCCCC2)cc1F. The number of halogens is 1. The van der Waals surface area contributed by atoms with E-state index in [4.69, 9.17) is 4.74 Å². The zero-order valence-corrected chi connectivity index (χ0v) is 16.8. The van der Waals surface area contributed by atoms with E-state index in [1.807, 2.05) is 0 Å². The van der Waals surface area contributed by atoms with Crippen LogP contribution in [0.25, 0.3) is 0 Å². The lowest BCUT2D eigenvalue weighted by molar-refractivity contribution is 0.0977. The molecule has 150 valence electrons. The van der Waals surface area contributed by atoms with Crippen LogP contribution >= 0.6 is 0 Å². The first-order valence-electron chi connectivity index (χ1n) is 10.3. The highest BCUT2D eigenvalue weighted by molar-refractivity contribution is 6.10.